The number of benzene rings is 1. The Morgan fingerprint density at radius 3 is 2.52 bits per heavy atom. The van der Waals surface area contributed by atoms with Crippen LogP contribution in [0.1, 0.15) is 23.7 Å². The van der Waals surface area contributed by atoms with E-state index in [1.807, 2.05) is 12.2 Å². The fraction of sp³-hybridized carbons (Fsp3) is 0.389. The van der Waals surface area contributed by atoms with E-state index < -0.39 is 17.8 Å². The molecule has 1 fully saturated rings. The number of aliphatic carboxylic acids is 1. The van der Waals surface area contributed by atoms with E-state index in [-0.39, 0.29) is 29.2 Å². The summed E-state index contributed by atoms with van der Waals surface area (Å²) in [5.41, 5.74) is 0.588. The highest BCUT2D eigenvalue weighted by atomic mass is 35.5. The minimum atomic E-state index is -0.961. The summed E-state index contributed by atoms with van der Waals surface area (Å²) in [6.07, 6.45) is 4.48. The number of carbonyl (C=O) groups excluding carboxylic acids is 2. The molecule has 132 valence electrons. The molecule has 0 spiro atoms. The van der Waals surface area contributed by atoms with Gasteiger partial charge in [-0.15, -0.1) is 0 Å². The summed E-state index contributed by atoms with van der Waals surface area (Å²) in [6, 6.07) is 4.62. The van der Waals surface area contributed by atoms with E-state index in [0.29, 0.717) is 23.7 Å². The van der Waals surface area contributed by atoms with Crippen LogP contribution < -0.4 is 10.6 Å². The Morgan fingerprint density at radius 1 is 1.20 bits per heavy atom. The molecule has 3 rings (SSSR count). The number of rotatable bonds is 5. The van der Waals surface area contributed by atoms with Crippen LogP contribution in [0.3, 0.4) is 0 Å². The predicted molar refractivity (Wildman–Crippen MR) is 93.4 cm³/mol. The fourth-order valence-corrected chi connectivity index (χ4v) is 3.97. The quantitative estimate of drug-likeness (QED) is 0.701. The molecule has 1 saturated carbocycles. The largest absolute Gasteiger partial charge is 0.481 e. The third kappa shape index (κ3) is 3.26. The van der Waals surface area contributed by atoms with Crippen LogP contribution in [-0.4, -0.2) is 29.4 Å². The maximum absolute atomic E-state index is 12.8. The molecule has 6 nitrogen and oxygen atoms in total. The number of anilines is 1. The molecule has 2 bridgehead atoms. The molecule has 2 aliphatic rings. The molecule has 0 radical (unpaired) electrons. The molecule has 0 saturated heterocycles. The molecule has 0 aliphatic heterocycles. The Morgan fingerprint density at radius 2 is 1.88 bits per heavy atom. The average Bonchev–Trinajstić information content (AvgIpc) is 3.17. The van der Waals surface area contributed by atoms with Gasteiger partial charge in [-0.1, -0.05) is 23.8 Å². The second-order valence-electron chi connectivity index (χ2n) is 6.38. The molecule has 0 heterocycles. The number of halogens is 1. The molecule has 1 aromatic rings. The van der Waals surface area contributed by atoms with Crippen molar-refractivity contribution in [1.29, 1.82) is 0 Å². The molecule has 2 amide bonds. The summed E-state index contributed by atoms with van der Waals surface area (Å²) in [6.45, 7) is 2.23. The van der Waals surface area contributed by atoms with Crippen molar-refractivity contribution in [3.63, 3.8) is 0 Å². The number of nitrogens with one attached hydrogen (secondary N) is 2. The molecule has 4 unspecified atom stereocenters. The Kier molecular flexibility index (Phi) is 4.81. The number of carboxylic acids is 1. The van der Waals surface area contributed by atoms with E-state index in [0.717, 1.165) is 0 Å². The first kappa shape index (κ1) is 17.5. The Labute approximate surface area is 150 Å². The van der Waals surface area contributed by atoms with Gasteiger partial charge in [-0.3, -0.25) is 14.4 Å². The van der Waals surface area contributed by atoms with Crippen LogP contribution in [0.4, 0.5) is 5.69 Å². The highest BCUT2D eigenvalue weighted by Crippen LogP contribution is 2.48. The van der Waals surface area contributed by atoms with Crippen LogP contribution in [0.15, 0.2) is 30.4 Å². The van der Waals surface area contributed by atoms with E-state index in [1.54, 1.807) is 19.1 Å². The Bertz CT molecular complexity index is 761. The molecule has 2 aliphatic carbocycles. The zero-order valence-corrected chi connectivity index (χ0v) is 14.4. The van der Waals surface area contributed by atoms with Crippen LogP contribution >= 0.6 is 11.6 Å². The number of hydrogen-bond acceptors (Lipinski definition) is 3. The number of carbonyl (C=O) groups is 3. The standard InChI is InChI=1S/C18H19ClN2O4/c1-2-20-16(22)12-8-11(19)5-6-13(12)21-17(23)14-9-3-4-10(7-9)15(14)18(24)25/h3-6,8-10,14-15H,2,7H2,1H3,(H,20,22)(H,21,23)(H,24,25). The zero-order chi connectivity index (χ0) is 18.1. The van der Waals surface area contributed by atoms with Crippen molar-refractivity contribution >= 4 is 35.1 Å². The highest BCUT2D eigenvalue weighted by Gasteiger charge is 2.51. The summed E-state index contributed by atoms with van der Waals surface area (Å²) in [5.74, 6) is -3.23. The first-order valence-electron chi connectivity index (χ1n) is 8.22. The Balaban J connectivity index is 1.85. The molecule has 3 N–H and O–H groups in total. The van der Waals surface area contributed by atoms with Crippen molar-refractivity contribution in [3.8, 4) is 0 Å². The molecule has 25 heavy (non-hydrogen) atoms. The van der Waals surface area contributed by atoms with Gasteiger partial charge in [0.25, 0.3) is 5.91 Å². The number of hydrogen-bond donors (Lipinski definition) is 3. The summed E-state index contributed by atoms with van der Waals surface area (Å²) in [4.78, 5) is 36.5. The van der Waals surface area contributed by atoms with Gasteiger partial charge in [-0.25, -0.2) is 0 Å². The fourth-order valence-electron chi connectivity index (χ4n) is 3.80. The van der Waals surface area contributed by atoms with Crippen LogP contribution in [0, 0.1) is 23.7 Å². The van der Waals surface area contributed by atoms with E-state index >= 15 is 0 Å². The molecule has 1 aromatic carbocycles. The molecular weight excluding hydrogens is 344 g/mol. The number of amides is 2. The third-order valence-corrected chi connectivity index (χ3v) is 5.10. The van der Waals surface area contributed by atoms with Crippen molar-refractivity contribution in [2.45, 2.75) is 13.3 Å². The monoisotopic (exact) mass is 362 g/mol. The maximum atomic E-state index is 12.8. The number of fused-ring (bicyclic) bond motifs is 2. The lowest BCUT2D eigenvalue weighted by Gasteiger charge is -2.24. The lowest BCUT2D eigenvalue weighted by atomic mass is 9.82. The van der Waals surface area contributed by atoms with Gasteiger partial charge in [-0.2, -0.15) is 0 Å². The van der Waals surface area contributed by atoms with Gasteiger partial charge in [0.2, 0.25) is 5.91 Å². The first-order valence-corrected chi connectivity index (χ1v) is 8.60. The summed E-state index contributed by atoms with van der Waals surface area (Å²) in [7, 11) is 0. The average molecular weight is 363 g/mol. The third-order valence-electron chi connectivity index (χ3n) is 4.87. The lowest BCUT2D eigenvalue weighted by Crippen LogP contribution is -2.37. The van der Waals surface area contributed by atoms with Crippen molar-refractivity contribution in [1.82, 2.24) is 5.32 Å². The molecule has 4 atom stereocenters. The maximum Gasteiger partial charge on any atom is 0.307 e. The van der Waals surface area contributed by atoms with Crippen molar-refractivity contribution < 1.29 is 19.5 Å². The van der Waals surface area contributed by atoms with Gasteiger partial charge < -0.3 is 15.7 Å². The van der Waals surface area contributed by atoms with Gasteiger partial charge in [-0.05, 0) is 43.4 Å². The second-order valence-corrected chi connectivity index (χ2v) is 6.81. The minimum Gasteiger partial charge on any atom is -0.481 e. The van der Waals surface area contributed by atoms with Crippen LogP contribution in [0.5, 0.6) is 0 Å². The topological polar surface area (TPSA) is 95.5 Å². The Hall–Kier alpha value is -2.34. The van der Waals surface area contributed by atoms with E-state index in [4.69, 9.17) is 11.6 Å². The van der Waals surface area contributed by atoms with Gasteiger partial charge >= 0.3 is 5.97 Å². The number of carboxylic acid groups (broad SMARTS) is 1. The first-order chi connectivity index (χ1) is 11.9. The predicted octanol–water partition coefficient (Wildman–Crippen LogP) is 2.55. The second kappa shape index (κ2) is 6.88. The highest BCUT2D eigenvalue weighted by molar-refractivity contribution is 6.31. The van der Waals surface area contributed by atoms with Gasteiger partial charge in [0, 0.05) is 11.6 Å². The van der Waals surface area contributed by atoms with Crippen molar-refractivity contribution in [2.24, 2.45) is 23.7 Å². The molecule has 7 heteroatoms. The normalized spacial score (nSPS) is 26.5. The zero-order valence-electron chi connectivity index (χ0n) is 13.7. The van der Waals surface area contributed by atoms with Crippen molar-refractivity contribution in [3.05, 3.63) is 40.9 Å². The molecule has 0 aromatic heterocycles. The van der Waals surface area contributed by atoms with Gasteiger partial charge in [0.15, 0.2) is 0 Å². The van der Waals surface area contributed by atoms with E-state index in [1.165, 1.54) is 6.07 Å². The summed E-state index contributed by atoms with van der Waals surface area (Å²) >= 11 is 5.96. The van der Waals surface area contributed by atoms with Crippen LogP contribution in [0.25, 0.3) is 0 Å². The lowest BCUT2D eigenvalue weighted by molar-refractivity contribution is -0.146. The van der Waals surface area contributed by atoms with Crippen LogP contribution in [0.2, 0.25) is 5.02 Å². The van der Waals surface area contributed by atoms with Gasteiger partial charge in [0.05, 0.1) is 23.1 Å². The summed E-state index contributed by atoms with van der Waals surface area (Å²) < 4.78 is 0. The van der Waals surface area contributed by atoms with E-state index in [9.17, 15) is 19.5 Å². The number of allylic oxidation sites excluding steroid dienone is 2. The minimum absolute atomic E-state index is 0.0775. The van der Waals surface area contributed by atoms with E-state index in [2.05, 4.69) is 10.6 Å². The smallest absolute Gasteiger partial charge is 0.307 e. The SMILES string of the molecule is CCNC(=O)c1cc(Cl)ccc1NC(=O)C1C2C=CC(C2)C1C(=O)O. The van der Waals surface area contributed by atoms with Gasteiger partial charge in [0.1, 0.15) is 0 Å². The molecular formula is C18H19ClN2O4. The summed E-state index contributed by atoms with van der Waals surface area (Å²) in [5, 5.41) is 15.3. The van der Waals surface area contributed by atoms with Crippen molar-refractivity contribution in [2.75, 3.05) is 11.9 Å². The van der Waals surface area contributed by atoms with Crippen LogP contribution in [-0.2, 0) is 9.59 Å².